The average Bonchev–Trinajstić information content (AvgIpc) is 3.11. The summed E-state index contributed by atoms with van der Waals surface area (Å²) in [7, 11) is 2.09. The summed E-state index contributed by atoms with van der Waals surface area (Å²) in [6.07, 6.45) is 0. The third kappa shape index (κ3) is 1.85. The smallest absolute Gasteiger partial charge is 0.226 e. The van der Waals surface area contributed by atoms with Crippen LogP contribution in [0.2, 0.25) is 0 Å². The number of benzene rings is 2. The van der Waals surface area contributed by atoms with Crippen molar-refractivity contribution in [2.24, 2.45) is 0 Å². The van der Waals surface area contributed by atoms with Crippen LogP contribution < -0.4 is 4.90 Å². The van der Waals surface area contributed by atoms with Gasteiger partial charge in [-0.3, -0.25) is 4.79 Å². The van der Waals surface area contributed by atoms with E-state index < -0.39 is 0 Å². The van der Waals surface area contributed by atoms with Gasteiger partial charge in [-0.05, 0) is 0 Å². The molecule has 1 N–H and O–H groups in total. The summed E-state index contributed by atoms with van der Waals surface area (Å²) in [5.41, 5.74) is 2.07. The molecule has 2 aromatic rings. The van der Waals surface area contributed by atoms with Crippen LogP contribution in [0, 0.1) is 0 Å². The Morgan fingerprint density at radius 2 is 1.50 bits per heavy atom. The molecule has 2 nitrogen and oxygen atoms in total. The molecule has 0 bridgehead atoms. The van der Waals surface area contributed by atoms with Crippen LogP contribution in [0.4, 0.5) is 0 Å². The minimum Gasteiger partial charge on any atom is -0.312 e. The van der Waals surface area contributed by atoms with Gasteiger partial charge in [0.2, 0.25) is 11.8 Å². The van der Waals surface area contributed by atoms with Crippen molar-refractivity contribution in [3.63, 3.8) is 0 Å². The number of hydrogen-bond donors (Lipinski definition) is 1. The van der Waals surface area contributed by atoms with Gasteiger partial charge in [-0.15, -0.1) is 0 Å². The first-order valence-corrected chi connectivity index (χ1v) is 6.26. The Kier molecular flexibility index (Phi) is 2.73. The Morgan fingerprint density at radius 3 is 2.11 bits per heavy atom. The van der Waals surface area contributed by atoms with Crippen molar-refractivity contribution >= 4 is 5.78 Å². The van der Waals surface area contributed by atoms with Crippen LogP contribution in [-0.4, -0.2) is 18.9 Å². The lowest BCUT2D eigenvalue weighted by Gasteiger charge is -1.94. The fraction of sp³-hybridized carbons (Fsp3) is 0.188. The number of rotatable bonds is 3. The predicted octanol–water partition coefficient (Wildman–Crippen LogP) is 1.51. The second-order valence-corrected chi connectivity index (χ2v) is 4.84. The minimum atomic E-state index is 0.0785. The van der Waals surface area contributed by atoms with Crippen LogP contribution in [-0.2, 0) is 0 Å². The van der Waals surface area contributed by atoms with Crippen LogP contribution in [0.25, 0.3) is 0 Å². The maximum Gasteiger partial charge on any atom is 0.226 e. The van der Waals surface area contributed by atoms with E-state index in [1.54, 1.807) is 0 Å². The van der Waals surface area contributed by atoms with Gasteiger partial charge in [-0.1, -0.05) is 60.7 Å². The Hall–Kier alpha value is -1.93. The molecule has 3 rings (SSSR count). The zero-order valence-electron chi connectivity index (χ0n) is 10.3. The van der Waals surface area contributed by atoms with E-state index in [9.17, 15) is 4.79 Å². The third-order valence-electron chi connectivity index (χ3n) is 3.70. The van der Waals surface area contributed by atoms with Gasteiger partial charge in [0.25, 0.3) is 0 Å². The molecule has 1 saturated heterocycles. The molecule has 1 heterocycles. The molecule has 18 heavy (non-hydrogen) atoms. The van der Waals surface area contributed by atoms with E-state index >= 15 is 0 Å². The third-order valence-corrected chi connectivity index (χ3v) is 3.70. The monoisotopic (exact) mass is 238 g/mol. The number of nitrogens with one attached hydrogen (secondary N) is 1. The Morgan fingerprint density at radius 1 is 0.944 bits per heavy atom. The predicted molar refractivity (Wildman–Crippen MR) is 70.6 cm³/mol. The van der Waals surface area contributed by atoms with Crippen molar-refractivity contribution in [3.8, 4) is 0 Å². The first-order valence-electron chi connectivity index (χ1n) is 6.26. The second-order valence-electron chi connectivity index (χ2n) is 4.84. The summed E-state index contributed by atoms with van der Waals surface area (Å²) in [4.78, 5) is 13.7. The van der Waals surface area contributed by atoms with Gasteiger partial charge in [0.15, 0.2) is 6.04 Å². The van der Waals surface area contributed by atoms with Crippen LogP contribution >= 0.6 is 0 Å². The van der Waals surface area contributed by atoms with Crippen LogP contribution in [0.5, 0.6) is 0 Å². The largest absolute Gasteiger partial charge is 0.312 e. The maximum absolute atomic E-state index is 12.4. The first kappa shape index (κ1) is 11.2. The van der Waals surface area contributed by atoms with Crippen LogP contribution in [0.3, 0.4) is 0 Å². The maximum atomic E-state index is 12.4. The molecule has 0 aromatic heterocycles. The van der Waals surface area contributed by atoms with E-state index in [1.165, 1.54) is 10.5 Å². The van der Waals surface area contributed by atoms with Gasteiger partial charge >= 0.3 is 0 Å². The van der Waals surface area contributed by atoms with Crippen molar-refractivity contribution in [1.29, 1.82) is 0 Å². The summed E-state index contributed by atoms with van der Waals surface area (Å²) < 4.78 is 0. The molecule has 2 aromatic carbocycles. The molecule has 0 aliphatic carbocycles. The topological polar surface area (TPSA) is 21.5 Å². The molecule has 2 heteroatoms. The Balaban J connectivity index is 1.82. The quantitative estimate of drug-likeness (QED) is 0.635. The normalized spacial score (nSPS) is 25.7. The van der Waals surface area contributed by atoms with E-state index in [2.05, 4.69) is 19.2 Å². The standard InChI is InChI=1S/C16H15NO/c1-17-14(12-8-4-2-5-9-12)15(17)16(18)13-10-6-3-7-11-13/h2-11,14-15H,1H3/p+1/t14-,15-,17?/m1/s1. The number of carbonyl (C=O) groups excluding carboxylic acids is 1. The molecule has 1 unspecified atom stereocenters. The molecule has 1 aliphatic heterocycles. The zero-order chi connectivity index (χ0) is 12.5. The van der Waals surface area contributed by atoms with E-state index in [0.717, 1.165) is 5.56 Å². The minimum absolute atomic E-state index is 0.0785. The van der Waals surface area contributed by atoms with E-state index in [-0.39, 0.29) is 11.8 Å². The fourth-order valence-corrected chi connectivity index (χ4v) is 2.64. The molecule has 90 valence electrons. The van der Waals surface area contributed by atoms with Crippen molar-refractivity contribution in [1.82, 2.24) is 0 Å². The molecular weight excluding hydrogens is 222 g/mol. The van der Waals surface area contributed by atoms with E-state index in [0.29, 0.717) is 6.04 Å². The van der Waals surface area contributed by atoms with Crippen molar-refractivity contribution in [2.75, 3.05) is 7.05 Å². The highest BCUT2D eigenvalue weighted by atomic mass is 16.1. The number of likely N-dealkylation sites (N-methyl/N-ethyl adjacent to an activating group) is 1. The fourth-order valence-electron chi connectivity index (χ4n) is 2.64. The Labute approximate surface area is 107 Å². The lowest BCUT2D eigenvalue weighted by atomic mass is 10.0. The summed E-state index contributed by atoms with van der Waals surface area (Å²) in [6, 6.07) is 20.3. The van der Waals surface area contributed by atoms with Crippen LogP contribution in [0.15, 0.2) is 60.7 Å². The van der Waals surface area contributed by atoms with Crippen LogP contribution in [0.1, 0.15) is 22.0 Å². The van der Waals surface area contributed by atoms with Gasteiger partial charge in [0.05, 0.1) is 7.05 Å². The zero-order valence-corrected chi connectivity index (χ0v) is 10.3. The SMILES string of the molecule is C[NH+]1[C@H](c2ccccc2)[C@@H]1C(=O)c1ccccc1. The number of hydrogen-bond acceptors (Lipinski definition) is 1. The van der Waals surface area contributed by atoms with Gasteiger partial charge < -0.3 is 4.90 Å². The molecule has 0 radical (unpaired) electrons. The summed E-state index contributed by atoms with van der Waals surface area (Å²) in [5.74, 6) is 0.252. The molecule has 0 amide bonds. The summed E-state index contributed by atoms with van der Waals surface area (Å²) in [6.45, 7) is 0. The Bertz CT molecular complexity index is 550. The number of carbonyl (C=O) groups is 1. The highest BCUT2D eigenvalue weighted by Crippen LogP contribution is 2.24. The molecule has 1 fully saturated rings. The summed E-state index contributed by atoms with van der Waals surface area (Å²) in [5, 5.41) is 0. The molecule has 3 atom stereocenters. The van der Waals surface area contributed by atoms with Gasteiger partial charge in [0, 0.05) is 11.1 Å². The highest BCUT2D eigenvalue weighted by molar-refractivity contribution is 6.00. The molecule has 0 spiro atoms. The van der Waals surface area contributed by atoms with Gasteiger partial charge in [-0.2, -0.15) is 0 Å². The van der Waals surface area contributed by atoms with Crippen molar-refractivity contribution < 1.29 is 9.69 Å². The number of ketones is 1. The van der Waals surface area contributed by atoms with Crippen molar-refractivity contribution in [2.45, 2.75) is 12.1 Å². The first-order chi connectivity index (χ1) is 8.79. The van der Waals surface area contributed by atoms with Crippen molar-refractivity contribution in [3.05, 3.63) is 71.8 Å². The molecule has 1 aliphatic rings. The van der Waals surface area contributed by atoms with Gasteiger partial charge in [0.1, 0.15) is 0 Å². The lowest BCUT2D eigenvalue weighted by molar-refractivity contribution is -0.762. The van der Waals surface area contributed by atoms with Gasteiger partial charge in [-0.25, -0.2) is 0 Å². The summed E-state index contributed by atoms with van der Waals surface area (Å²) >= 11 is 0. The van der Waals surface area contributed by atoms with E-state index in [4.69, 9.17) is 0 Å². The average molecular weight is 238 g/mol. The second kappa shape index (κ2) is 4.39. The highest BCUT2D eigenvalue weighted by Gasteiger charge is 2.57. The van der Waals surface area contributed by atoms with E-state index in [1.807, 2.05) is 48.5 Å². The lowest BCUT2D eigenvalue weighted by Crippen LogP contribution is -2.91. The number of Topliss-reactive ketones (excluding diaryl/α,β-unsaturated/α-hetero) is 1. The number of quaternary nitrogens is 1. The molecular formula is C16H16NO+. The molecule has 0 saturated carbocycles.